The van der Waals surface area contributed by atoms with Crippen molar-refractivity contribution >= 4 is 23.1 Å². The van der Waals surface area contributed by atoms with E-state index in [0.29, 0.717) is 12.1 Å². The molecular formula is C9H10F2N2OS. The maximum Gasteiger partial charge on any atom is 0.266 e. The second-order valence-electron chi connectivity index (χ2n) is 2.85. The molecule has 0 aromatic carbocycles. The number of anilines is 1. The highest BCUT2D eigenvalue weighted by atomic mass is 32.1. The topological polar surface area (TPSA) is 42.0 Å². The number of nitrogens with zero attached hydrogens (tertiary/aromatic N) is 1. The van der Waals surface area contributed by atoms with Crippen LogP contribution in [0.3, 0.4) is 0 Å². The Morgan fingerprint density at radius 2 is 2.40 bits per heavy atom. The largest absolute Gasteiger partial charge is 0.324 e. The number of carbonyl (C=O) groups excluding carboxylic acids is 1. The molecule has 1 aromatic rings. The molecule has 6 heteroatoms. The standard InChI is InChI=1S/C9H10F2N2OS/c10-8(11)3-1-2-4-9(14)13-7-5-12-15-6-7/h3,5-6H,1-2,4H2,(H,13,14). The highest BCUT2D eigenvalue weighted by molar-refractivity contribution is 7.04. The lowest BCUT2D eigenvalue weighted by Crippen LogP contribution is -2.10. The number of unbranched alkanes of at least 4 members (excludes halogenated alkanes) is 1. The van der Waals surface area contributed by atoms with Gasteiger partial charge in [0, 0.05) is 11.8 Å². The Morgan fingerprint density at radius 1 is 1.60 bits per heavy atom. The first-order valence-electron chi connectivity index (χ1n) is 4.39. The fourth-order valence-electron chi connectivity index (χ4n) is 0.964. The van der Waals surface area contributed by atoms with Crippen molar-refractivity contribution in [3.63, 3.8) is 0 Å². The minimum atomic E-state index is -1.70. The van der Waals surface area contributed by atoms with Crippen LogP contribution >= 0.6 is 11.5 Å². The summed E-state index contributed by atoms with van der Waals surface area (Å²) in [5.74, 6) is -0.178. The normalized spacial score (nSPS) is 9.73. The van der Waals surface area contributed by atoms with Crippen molar-refractivity contribution in [3.8, 4) is 0 Å². The van der Waals surface area contributed by atoms with Crippen molar-refractivity contribution in [1.29, 1.82) is 0 Å². The molecular weight excluding hydrogens is 222 g/mol. The first kappa shape index (κ1) is 11.8. The number of aromatic nitrogens is 1. The second-order valence-corrected chi connectivity index (χ2v) is 3.50. The van der Waals surface area contributed by atoms with Gasteiger partial charge >= 0.3 is 0 Å². The number of amides is 1. The molecule has 0 aliphatic carbocycles. The number of hydrogen-bond acceptors (Lipinski definition) is 3. The Bertz CT molecular complexity index is 334. The smallest absolute Gasteiger partial charge is 0.266 e. The molecule has 0 spiro atoms. The lowest BCUT2D eigenvalue weighted by atomic mass is 10.2. The molecule has 1 heterocycles. The maximum atomic E-state index is 11.6. The molecule has 3 nitrogen and oxygen atoms in total. The van der Waals surface area contributed by atoms with Crippen LogP contribution in [0.4, 0.5) is 14.5 Å². The maximum absolute atomic E-state index is 11.6. The molecule has 1 N–H and O–H groups in total. The van der Waals surface area contributed by atoms with Gasteiger partial charge in [-0.15, -0.1) is 0 Å². The average Bonchev–Trinajstić information content (AvgIpc) is 2.64. The predicted octanol–water partition coefficient (Wildman–Crippen LogP) is 3.03. The van der Waals surface area contributed by atoms with E-state index in [9.17, 15) is 13.6 Å². The summed E-state index contributed by atoms with van der Waals surface area (Å²) in [7, 11) is 0. The van der Waals surface area contributed by atoms with Crippen LogP contribution in [-0.4, -0.2) is 10.3 Å². The minimum absolute atomic E-state index is 0.178. The van der Waals surface area contributed by atoms with Crippen LogP contribution in [-0.2, 0) is 4.79 Å². The van der Waals surface area contributed by atoms with Gasteiger partial charge in [-0.05, 0) is 30.5 Å². The molecule has 0 bridgehead atoms. The average molecular weight is 232 g/mol. The minimum Gasteiger partial charge on any atom is -0.324 e. The van der Waals surface area contributed by atoms with Crippen molar-refractivity contribution in [2.24, 2.45) is 0 Å². The Morgan fingerprint density at radius 3 is 3.00 bits per heavy atom. The number of halogens is 2. The van der Waals surface area contributed by atoms with Gasteiger partial charge in [0.1, 0.15) is 0 Å². The molecule has 82 valence electrons. The van der Waals surface area contributed by atoms with Crippen molar-refractivity contribution < 1.29 is 13.6 Å². The van der Waals surface area contributed by atoms with Gasteiger partial charge in [0.05, 0.1) is 11.9 Å². The molecule has 1 rings (SSSR count). The zero-order chi connectivity index (χ0) is 11.1. The lowest BCUT2D eigenvalue weighted by molar-refractivity contribution is -0.116. The van der Waals surface area contributed by atoms with E-state index in [1.165, 1.54) is 11.5 Å². The summed E-state index contributed by atoms with van der Waals surface area (Å²) in [6.07, 6.45) is 1.54. The van der Waals surface area contributed by atoms with Gasteiger partial charge in [0.15, 0.2) is 0 Å². The summed E-state index contributed by atoms with van der Waals surface area (Å²) in [5.41, 5.74) is 0.650. The number of allylic oxidation sites excluding steroid dienone is 1. The Labute approximate surface area is 90.0 Å². The lowest BCUT2D eigenvalue weighted by Gasteiger charge is -2.00. The Kier molecular flexibility index (Phi) is 4.89. The van der Waals surface area contributed by atoms with Crippen molar-refractivity contribution in [1.82, 2.24) is 4.37 Å². The fourth-order valence-corrected chi connectivity index (χ4v) is 1.43. The van der Waals surface area contributed by atoms with E-state index >= 15 is 0 Å². The van der Waals surface area contributed by atoms with E-state index in [2.05, 4.69) is 9.69 Å². The first-order valence-corrected chi connectivity index (χ1v) is 5.22. The van der Waals surface area contributed by atoms with E-state index < -0.39 is 6.08 Å². The molecule has 0 saturated heterocycles. The van der Waals surface area contributed by atoms with Gasteiger partial charge in [-0.2, -0.15) is 13.2 Å². The summed E-state index contributed by atoms with van der Waals surface area (Å²) < 4.78 is 27.0. The van der Waals surface area contributed by atoms with E-state index in [4.69, 9.17) is 0 Å². The summed E-state index contributed by atoms with van der Waals surface area (Å²) in [4.78, 5) is 11.2. The van der Waals surface area contributed by atoms with Gasteiger partial charge in [-0.3, -0.25) is 4.79 Å². The number of nitrogens with one attached hydrogen (secondary N) is 1. The molecule has 0 radical (unpaired) electrons. The quantitative estimate of drug-likeness (QED) is 0.793. The zero-order valence-corrected chi connectivity index (χ0v) is 8.69. The van der Waals surface area contributed by atoms with Gasteiger partial charge in [-0.1, -0.05) is 0 Å². The van der Waals surface area contributed by atoms with Gasteiger partial charge in [0.2, 0.25) is 5.91 Å². The molecule has 0 saturated carbocycles. The Balaban J connectivity index is 2.17. The van der Waals surface area contributed by atoms with Crippen LogP contribution in [0.25, 0.3) is 0 Å². The second kappa shape index (κ2) is 6.23. The van der Waals surface area contributed by atoms with Crippen LogP contribution in [0.2, 0.25) is 0 Å². The third-order valence-electron chi connectivity index (χ3n) is 1.62. The predicted molar refractivity (Wildman–Crippen MR) is 54.9 cm³/mol. The molecule has 0 aliphatic rings. The van der Waals surface area contributed by atoms with E-state index in [1.807, 2.05) is 0 Å². The number of rotatable bonds is 5. The van der Waals surface area contributed by atoms with Crippen LogP contribution in [0.1, 0.15) is 19.3 Å². The number of carbonyl (C=O) groups is 1. The fraction of sp³-hybridized carbons (Fsp3) is 0.333. The third kappa shape index (κ3) is 5.21. The molecule has 0 fully saturated rings. The van der Waals surface area contributed by atoms with Gasteiger partial charge in [0.25, 0.3) is 6.08 Å². The van der Waals surface area contributed by atoms with E-state index in [1.54, 1.807) is 11.6 Å². The molecule has 0 aliphatic heterocycles. The number of hydrogen-bond donors (Lipinski definition) is 1. The monoisotopic (exact) mass is 232 g/mol. The summed E-state index contributed by atoms with van der Waals surface area (Å²) in [6, 6.07) is 0. The summed E-state index contributed by atoms with van der Waals surface area (Å²) >= 11 is 1.24. The molecule has 15 heavy (non-hydrogen) atoms. The van der Waals surface area contributed by atoms with Crippen LogP contribution in [0.15, 0.2) is 23.7 Å². The van der Waals surface area contributed by atoms with Crippen LogP contribution in [0.5, 0.6) is 0 Å². The van der Waals surface area contributed by atoms with E-state index in [-0.39, 0.29) is 18.7 Å². The van der Waals surface area contributed by atoms with Crippen molar-refractivity contribution in [2.45, 2.75) is 19.3 Å². The first-order chi connectivity index (χ1) is 7.18. The molecule has 1 aromatic heterocycles. The van der Waals surface area contributed by atoms with Crippen LogP contribution in [0, 0.1) is 0 Å². The summed E-state index contributed by atoms with van der Waals surface area (Å²) in [5, 5.41) is 4.32. The van der Waals surface area contributed by atoms with Crippen LogP contribution < -0.4 is 5.32 Å². The van der Waals surface area contributed by atoms with Gasteiger partial charge < -0.3 is 5.32 Å². The molecule has 1 amide bonds. The molecule has 0 atom stereocenters. The Hall–Kier alpha value is -1.30. The SMILES string of the molecule is O=C(CCCC=C(F)F)Nc1cnsc1. The highest BCUT2D eigenvalue weighted by Gasteiger charge is 2.02. The zero-order valence-electron chi connectivity index (χ0n) is 7.87. The van der Waals surface area contributed by atoms with Gasteiger partial charge in [-0.25, -0.2) is 0 Å². The van der Waals surface area contributed by atoms with E-state index in [0.717, 1.165) is 6.08 Å². The highest BCUT2D eigenvalue weighted by Crippen LogP contribution is 2.09. The van der Waals surface area contributed by atoms with Crippen molar-refractivity contribution in [2.75, 3.05) is 5.32 Å². The molecule has 0 unspecified atom stereocenters. The van der Waals surface area contributed by atoms with Crippen molar-refractivity contribution in [3.05, 3.63) is 23.7 Å². The third-order valence-corrected chi connectivity index (χ3v) is 2.21. The summed E-state index contributed by atoms with van der Waals surface area (Å²) in [6.45, 7) is 0.